The maximum absolute atomic E-state index is 13.0. The zero-order valence-corrected chi connectivity index (χ0v) is 14.9. The first-order valence-electron chi connectivity index (χ1n) is 7.64. The summed E-state index contributed by atoms with van der Waals surface area (Å²) in [4.78, 5) is 4.34. The summed E-state index contributed by atoms with van der Waals surface area (Å²) in [5.41, 5.74) is 0.297. The Morgan fingerprint density at radius 1 is 1.30 bits per heavy atom. The number of hydrogen-bond acceptors (Lipinski definition) is 5. The van der Waals surface area contributed by atoms with Crippen molar-refractivity contribution in [3.8, 4) is 0 Å². The number of fused-ring (bicyclic) bond motifs is 1. The van der Waals surface area contributed by atoms with Crippen molar-refractivity contribution < 1.29 is 17.9 Å². The molecular weight excluding hydrogens is 338 g/mol. The lowest BCUT2D eigenvalue weighted by atomic mass is 9.97. The minimum absolute atomic E-state index is 0.0504. The van der Waals surface area contributed by atoms with Gasteiger partial charge in [-0.2, -0.15) is 0 Å². The molecule has 1 aliphatic carbocycles. The SMILES string of the molecule is CC(C)(C)c1nc2ccc(Cl)c(S(=O)(=O)C3CCC[C@@H]3O)c2o1. The second-order valence-electron chi connectivity index (χ2n) is 7.08. The van der Waals surface area contributed by atoms with Gasteiger partial charge in [-0.25, -0.2) is 13.4 Å². The van der Waals surface area contributed by atoms with Crippen LogP contribution in [0.4, 0.5) is 0 Å². The number of oxazole rings is 1. The van der Waals surface area contributed by atoms with Crippen LogP contribution < -0.4 is 0 Å². The van der Waals surface area contributed by atoms with E-state index in [4.69, 9.17) is 16.0 Å². The third-order valence-electron chi connectivity index (χ3n) is 4.21. The predicted octanol–water partition coefficient (Wildman–Crippen LogP) is 3.47. The minimum atomic E-state index is -3.79. The molecule has 0 bridgehead atoms. The van der Waals surface area contributed by atoms with E-state index in [0.29, 0.717) is 30.7 Å². The van der Waals surface area contributed by atoms with E-state index in [1.54, 1.807) is 6.07 Å². The number of hydrogen-bond donors (Lipinski definition) is 1. The monoisotopic (exact) mass is 357 g/mol. The molecule has 0 spiro atoms. The number of sulfone groups is 1. The van der Waals surface area contributed by atoms with Gasteiger partial charge in [-0.15, -0.1) is 0 Å². The van der Waals surface area contributed by atoms with E-state index < -0.39 is 21.2 Å². The van der Waals surface area contributed by atoms with Gasteiger partial charge in [-0.3, -0.25) is 0 Å². The Bertz CT molecular complexity index is 851. The Kier molecular flexibility index (Phi) is 3.98. The number of rotatable bonds is 2. The molecule has 0 aliphatic heterocycles. The highest BCUT2D eigenvalue weighted by atomic mass is 35.5. The molecule has 1 unspecified atom stereocenters. The molecule has 23 heavy (non-hydrogen) atoms. The van der Waals surface area contributed by atoms with Crippen LogP contribution in [-0.2, 0) is 15.3 Å². The van der Waals surface area contributed by atoms with Crippen LogP contribution in [0.2, 0.25) is 5.02 Å². The first-order chi connectivity index (χ1) is 10.6. The fourth-order valence-corrected chi connectivity index (χ4v) is 5.49. The lowest BCUT2D eigenvalue weighted by Crippen LogP contribution is -2.29. The van der Waals surface area contributed by atoms with Crippen LogP contribution in [0.25, 0.3) is 11.1 Å². The highest BCUT2D eigenvalue weighted by Crippen LogP contribution is 2.39. The summed E-state index contributed by atoms with van der Waals surface area (Å²) in [5, 5.41) is 9.28. The Balaban J connectivity index is 2.24. The summed E-state index contributed by atoms with van der Waals surface area (Å²) < 4.78 is 31.8. The molecule has 1 aromatic carbocycles. The summed E-state index contributed by atoms with van der Waals surface area (Å²) in [5.74, 6) is 0.457. The summed E-state index contributed by atoms with van der Waals surface area (Å²) in [6, 6.07) is 3.17. The maximum atomic E-state index is 13.0. The molecule has 1 N–H and O–H groups in total. The number of aliphatic hydroxyl groups is 1. The molecule has 0 radical (unpaired) electrons. The van der Waals surface area contributed by atoms with Crippen molar-refractivity contribution in [1.82, 2.24) is 4.98 Å². The fraction of sp³-hybridized carbons (Fsp3) is 0.562. The molecule has 1 fully saturated rings. The van der Waals surface area contributed by atoms with Gasteiger partial charge in [0.1, 0.15) is 10.4 Å². The number of aliphatic hydroxyl groups excluding tert-OH is 1. The van der Waals surface area contributed by atoms with Gasteiger partial charge in [-0.05, 0) is 31.4 Å². The Morgan fingerprint density at radius 2 is 2.00 bits per heavy atom. The van der Waals surface area contributed by atoms with E-state index in [0.717, 1.165) is 0 Å². The Labute approximate surface area is 140 Å². The molecule has 2 aromatic rings. The molecule has 1 aromatic heterocycles. The van der Waals surface area contributed by atoms with Crippen molar-refractivity contribution in [2.24, 2.45) is 0 Å². The number of benzene rings is 1. The van der Waals surface area contributed by atoms with Gasteiger partial charge in [-0.1, -0.05) is 32.4 Å². The molecule has 0 saturated heterocycles. The third kappa shape index (κ3) is 2.77. The van der Waals surface area contributed by atoms with Crippen molar-refractivity contribution in [1.29, 1.82) is 0 Å². The van der Waals surface area contributed by atoms with Crippen molar-refractivity contribution in [2.75, 3.05) is 0 Å². The second-order valence-corrected chi connectivity index (χ2v) is 9.59. The highest BCUT2D eigenvalue weighted by Gasteiger charge is 2.40. The van der Waals surface area contributed by atoms with E-state index >= 15 is 0 Å². The molecule has 1 saturated carbocycles. The van der Waals surface area contributed by atoms with Crippen LogP contribution in [0.3, 0.4) is 0 Å². The predicted molar refractivity (Wildman–Crippen MR) is 88.6 cm³/mol. The largest absolute Gasteiger partial charge is 0.439 e. The van der Waals surface area contributed by atoms with E-state index in [-0.39, 0.29) is 20.9 Å². The van der Waals surface area contributed by atoms with Crippen LogP contribution >= 0.6 is 11.6 Å². The van der Waals surface area contributed by atoms with Crippen LogP contribution in [-0.4, -0.2) is 29.9 Å². The minimum Gasteiger partial charge on any atom is -0.439 e. The molecule has 3 rings (SSSR count). The molecule has 1 aliphatic rings. The average Bonchev–Trinajstić information content (AvgIpc) is 3.03. The van der Waals surface area contributed by atoms with E-state index in [1.807, 2.05) is 20.8 Å². The van der Waals surface area contributed by atoms with E-state index in [9.17, 15) is 13.5 Å². The van der Waals surface area contributed by atoms with Gasteiger partial charge in [0.25, 0.3) is 0 Å². The van der Waals surface area contributed by atoms with Gasteiger partial charge in [0.2, 0.25) is 5.89 Å². The van der Waals surface area contributed by atoms with Gasteiger partial charge in [0.05, 0.1) is 16.4 Å². The topological polar surface area (TPSA) is 80.4 Å². The van der Waals surface area contributed by atoms with E-state index in [1.165, 1.54) is 6.07 Å². The van der Waals surface area contributed by atoms with Gasteiger partial charge >= 0.3 is 0 Å². The lowest BCUT2D eigenvalue weighted by molar-refractivity contribution is 0.185. The summed E-state index contributed by atoms with van der Waals surface area (Å²) in [6.45, 7) is 5.82. The zero-order chi connectivity index (χ0) is 17.0. The van der Waals surface area contributed by atoms with E-state index in [2.05, 4.69) is 4.98 Å². The summed E-state index contributed by atoms with van der Waals surface area (Å²) >= 11 is 6.19. The summed E-state index contributed by atoms with van der Waals surface area (Å²) in [6.07, 6.45) is 0.733. The van der Waals surface area contributed by atoms with Crippen molar-refractivity contribution in [2.45, 2.75) is 61.7 Å². The van der Waals surface area contributed by atoms with Crippen LogP contribution in [0.1, 0.15) is 45.9 Å². The summed E-state index contributed by atoms with van der Waals surface area (Å²) in [7, 11) is -3.79. The van der Waals surface area contributed by atoms with Gasteiger partial charge < -0.3 is 9.52 Å². The Morgan fingerprint density at radius 3 is 2.57 bits per heavy atom. The standard InChI is InChI=1S/C16H20ClNO4S/c1-16(2,3)15-18-10-8-7-9(17)14(13(10)22-15)23(20,21)12-6-4-5-11(12)19/h7-8,11-12,19H,4-6H2,1-3H3/t11-,12?/m0/s1. The average molecular weight is 358 g/mol. The number of halogens is 1. The van der Waals surface area contributed by atoms with Crippen LogP contribution in [0.5, 0.6) is 0 Å². The normalized spacial score (nSPS) is 22.8. The van der Waals surface area contributed by atoms with Crippen molar-refractivity contribution in [3.05, 3.63) is 23.0 Å². The second kappa shape index (κ2) is 5.46. The smallest absolute Gasteiger partial charge is 0.200 e. The highest BCUT2D eigenvalue weighted by molar-refractivity contribution is 7.92. The lowest BCUT2D eigenvalue weighted by Gasteiger charge is -2.16. The van der Waals surface area contributed by atoms with Crippen LogP contribution in [0, 0.1) is 0 Å². The molecule has 5 nitrogen and oxygen atoms in total. The maximum Gasteiger partial charge on any atom is 0.200 e. The van der Waals surface area contributed by atoms with Crippen LogP contribution in [0.15, 0.2) is 21.4 Å². The first-order valence-corrected chi connectivity index (χ1v) is 9.56. The number of nitrogens with zero attached hydrogens (tertiary/aromatic N) is 1. The molecular formula is C16H20ClNO4S. The van der Waals surface area contributed by atoms with Crippen molar-refractivity contribution in [3.63, 3.8) is 0 Å². The molecule has 7 heteroatoms. The van der Waals surface area contributed by atoms with Gasteiger partial charge in [0, 0.05) is 5.41 Å². The van der Waals surface area contributed by atoms with Gasteiger partial charge in [0.15, 0.2) is 15.4 Å². The zero-order valence-electron chi connectivity index (χ0n) is 13.3. The molecule has 2 atom stereocenters. The molecule has 126 valence electrons. The third-order valence-corrected chi connectivity index (χ3v) is 6.95. The van der Waals surface area contributed by atoms with Crippen molar-refractivity contribution >= 4 is 32.5 Å². The number of aromatic nitrogens is 1. The Hall–Kier alpha value is -1.11. The first kappa shape index (κ1) is 16.7. The quantitative estimate of drug-likeness (QED) is 0.890. The molecule has 1 heterocycles. The fourth-order valence-electron chi connectivity index (χ4n) is 2.95. The molecule has 0 amide bonds.